The van der Waals surface area contributed by atoms with E-state index in [9.17, 15) is 13.6 Å². The summed E-state index contributed by atoms with van der Waals surface area (Å²) >= 11 is 0. The Balaban J connectivity index is 1.12. The highest BCUT2D eigenvalue weighted by molar-refractivity contribution is 6.13. The summed E-state index contributed by atoms with van der Waals surface area (Å²) in [5.41, 5.74) is 2.01. The van der Waals surface area contributed by atoms with Crippen molar-refractivity contribution in [1.29, 1.82) is 0 Å². The van der Waals surface area contributed by atoms with Crippen LogP contribution in [0.4, 0.5) is 14.5 Å². The molecular formula is C25H23F2N3O2. The minimum Gasteiger partial charge on any atom is -0.490 e. The van der Waals surface area contributed by atoms with Crippen molar-refractivity contribution in [2.24, 2.45) is 4.99 Å². The molecule has 164 valence electrons. The Kier molecular flexibility index (Phi) is 5.57. The summed E-state index contributed by atoms with van der Waals surface area (Å²) in [6, 6.07) is 13.7. The van der Waals surface area contributed by atoms with Crippen LogP contribution in [-0.2, 0) is 0 Å². The van der Waals surface area contributed by atoms with Gasteiger partial charge in [-0.05, 0) is 48.2 Å². The van der Waals surface area contributed by atoms with Gasteiger partial charge in [0.15, 0.2) is 11.6 Å². The number of hydrogen-bond donors (Lipinski definition) is 0. The number of aliphatic imine (C=N–C) groups is 1. The van der Waals surface area contributed by atoms with Gasteiger partial charge in [-0.3, -0.25) is 9.69 Å². The second kappa shape index (κ2) is 8.67. The minimum atomic E-state index is -0.478. The van der Waals surface area contributed by atoms with Gasteiger partial charge in [0, 0.05) is 55.6 Å². The summed E-state index contributed by atoms with van der Waals surface area (Å²) in [7, 11) is 0. The molecule has 0 atom stereocenters. The average molecular weight is 435 g/mol. The summed E-state index contributed by atoms with van der Waals surface area (Å²) in [6.07, 6.45) is 2.13. The van der Waals surface area contributed by atoms with E-state index in [0.717, 1.165) is 55.6 Å². The van der Waals surface area contributed by atoms with Crippen molar-refractivity contribution in [3.8, 4) is 5.75 Å². The first-order chi connectivity index (χ1) is 15.6. The van der Waals surface area contributed by atoms with E-state index >= 15 is 0 Å². The SMILES string of the molecule is O=C1N=Cc2cc(F)c(OCCCN3CCN(c4cccc5cc(F)ccc45)CC3)cc21. The van der Waals surface area contributed by atoms with Gasteiger partial charge in [0.05, 0.1) is 12.2 Å². The number of carbonyl (C=O) groups excluding carboxylic acids is 1. The van der Waals surface area contributed by atoms with E-state index in [1.807, 2.05) is 18.2 Å². The lowest BCUT2D eigenvalue weighted by Gasteiger charge is -2.36. The quantitative estimate of drug-likeness (QED) is 0.542. The number of ether oxygens (including phenoxy) is 1. The van der Waals surface area contributed by atoms with Gasteiger partial charge in [0.2, 0.25) is 0 Å². The first-order valence-corrected chi connectivity index (χ1v) is 10.8. The van der Waals surface area contributed by atoms with Crippen LogP contribution >= 0.6 is 0 Å². The Hall–Kier alpha value is -3.32. The normalized spacial score (nSPS) is 16.1. The van der Waals surface area contributed by atoms with Crippen LogP contribution in [0, 0.1) is 11.6 Å². The number of amides is 1. The third kappa shape index (κ3) is 4.08. The van der Waals surface area contributed by atoms with E-state index in [1.54, 1.807) is 6.07 Å². The largest absolute Gasteiger partial charge is 0.490 e. The van der Waals surface area contributed by atoms with E-state index < -0.39 is 5.82 Å². The second-order valence-corrected chi connectivity index (χ2v) is 8.11. The number of halogens is 2. The van der Waals surface area contributed by atoms with Gasteiger partial charge in [-0.25, -0.2) is 13.8 Å². The fourth-order valence-electron chi connectivity index (χ4n) is 4.36. The third-order valence-electron chi connectivity index (χ3n) is 6.06. The lowest BCUT2D eigenvalue weighted by Crippen LogP contribution is -2.46. The molecule has 3 aromatic rings. The summed E-state index contributed by atoms with van der Waals surface area (Å²) < 4.78 is 33.3. The third-order valence-corrected chi connectivity index (χ3v) is 6.06. The molecule has 5 rings (SSSR count). The van der Waals surface area contributed by atoms with Crippen LogP contribution in [0.5, 0.6) is 5.75 Å². The number of anilines is 1. The van der Waals surface area contributed by atoms with Crippen LogP contribution in [-0.4, -0.2) is 56.4 Å². The number of nitrogens with zero attached hydrogens (tertiary/aromatic N) is 3. The molecule has 0 radical (unpaired) electrons. The monoisotopic (exact) mass is 435 g/mol. The zero-order valence-electron chi connectivity index (χ0n) is 17.6. The van der Waals surface area contributed by atoms with Crippen molar-refractivity contribution < 1.29 is 18.3 Å². The van der Waals surface area contributed by atoms with Gasteiger partial charge in [-0.1, -0.05) is 12.1 Å². The molecule has 1 fully saturated rings. The molecule has 1 amide bonds. The Morgan fingerprint density at radius 3 is 2.69 bits per heavy atom. The first kappa shape index (κ1) is 20.6. The molecular weight excluding hydrogens is 412 g/mol. The fourth-order valence-corrected chi connectivity index (χ4v) is 4.36. The molecule has 32 heavy (non-hydrogen) atoms. The van der Waals surface area contributed by atoms with E-state index in [2.05, 4.69) is 20.9 Å². The maximum Gasteiger partial charge on any atom is 0.277 e. The van der Waals surface area contributed by atoms with Crippen LogP contribution in [0.3, 0.4) is 0 Å². The zero-order valence-corrected chi connectivity index (χ0v) is 17.6. The molecule has 1 saturated heterocycles. The summed E-state index contributed by atoms with van der Waals surface area (Å²) in [5, 5.41) is 1.98. The van der Waals surface area contributed by atoms with Gasteiger partial charge < -0.3 is 9.64 Å². The fraction of sp³-hybridized carbons (Fsp3) is 0.280. The van der Waals surface area contributed by atoms with Gasteiger partial charge in [0.1, 0.15) is 5.82 Å². The molecule has 0 spiro atoms. The number of piperazine rings is 1. The van der Waals surface area contributed by atoms with Crippen molar-refractivity contribution in [3.63, 3.8) is 0 Å². The molecule has 2 heterocycles. The van der Waals surface area contributed by atoms with Crippen molar-refractivity contribution in [2.45, 2.75) is 6.42 Å². The smallest absolute Gasteiger partial charge is 0.277 e. The first-order valence-electron chi connectivity index (χ1n) is 10.8. The van der Waals surface area contributed by atoms with Crippen molar-refractivity contribution in [1.82, 2.24) is 4.90 Å². The number of rotatable bonds is 6. The molecule has 2 aliphatic rings. The van der Waals surface area contributed by atoms with Crippen LogP contribution in [0.15, 0.2) is 53.5 Å². The molecule has 0 bridgehead atoms. The topological polar surface area (TPSA) is 45.1 Å². The molecule has 0 N–H and O–H groups in total. The molecule has 0 aliphatic carbocycles. The molecule has 2 aliphatic heterocycles. The standard InChI is InChI=1S/C25H23F2N3O2/c26-19-5-6-20-17(13-19)3-1-4-23(20)30-10-8-29(9-11-30)7-2-12-32-24-15-21-18(14-22(24)27)16-28-25(21)31/h1,3-6,13-16H,2,7-12H2. The summed E-state index contributed by atoms with van der Waals surface area (Å²) in [4.78, 5) is 20.1. The molecule has 0 unspecified atom stereocenters. The average Bonchev–Trinajstić information content (AvgIpc) is 3.16. The maximum absolute atomic E-state index is 14.2. The van der Waals surface area contributed by atoms with Gasteiger partial charge in [-0.2, -0.15) is 0 Å². The zero-order chi connectivity index (χ0) is 22.1. The van der Waals surface area contributed by atoms with Crippen molar-refractivity contribution >= 4 is 28.6 Å². The number of benzene rings is 3. The van der Waals surface area contributed by atoms with Gasteiger partial charge >= 0.3 is 0 Å². The van der Waals surface area contributed by atoms with E-state index in [-0.39, 0.29) is 17.5 Å². The van der Waals surface area contributed by atoms with Gasteiger partial charge in [-0.15, -0.1) is 0 Å². The molecule has 3 aromatic carbocycles. The highest BCUT2D eigenvalue weighted by Gasteiger charge is 2.20. The Morgan fingerprint density at radius 2 is 1.84 bits per heavy atom. The summed E-state index contributed by atoms with van der Waals surface area (Å²) in [6.45, 7) is 4.83. The van der Waals surface area contributed by atoms with Crippen LogP contribution < -0.4 is 9.64 Å². The van der Waals surface area contributed by atoms with Crippen LogP contribution in [0.25, 0.3) is 10.8 Å². The van der Waals surface area contributed by atoms with Crippen LogP contribution in [0.1, 0.15) is 22.3 Å². The van der Waals surface area contributed by atoms with Crippen molar-refractivity contribution in [3.05, 3.63) is 71.3 Å². The Morgan fingerprint density at radius 1 is 1.00 bits per heavy atom. The lowest BCUT2D eigenvalue weighted by atomic mass is 10.1. The molecule has 7 heteroatoms. The Bertz CT molecular complexity index is 1200. The van der Waals surface area contributed by atoms with E-state index in [0.29, 0.717) is 17.7 Å². The van der Waals surface area contributed by atoms with Crippen molar-refractivity contribution in [2.75, 3.05) is 44.2 Å². The number of hydrogen-bond acceptors (Lipinski definition) is 4. The van der Waals surface area contributed by atoms with Gasteiger partial charge in [0.25, 0.3) is 5.91 Å². The Labute approximate surface area is 184 Å². The molecule has 0 saturated carbocycles. The minimum absolute atomic E-state index is 0.0970. The highest BCUT2D eigenvalue weighted by Crippen LogP contribution is 2.28. The number of carbonyl (C=O) groups is 1. The molecule has 5 nitrogen and oxygen atoms in total. The van der Waals surface area contributed by atoms with E-state index in [4.69, 9.17) is 4.74 Å². The van der Waals surface area contributed by atoms with E-state index in [1.165, 1.54) is 24.4 Å². The maximum atomic E-state index is 14.2. The lowest BCUT2D eigenvalue weighted by molar-refractivity contribution is 0.101. The predicted molar refractivity (Wildman–Crippen MR) is 121 cm³/mol. The highest BCUT2D eigenvalue weighted by atomic mass is 19.1. The van der Waals surface area contributed by atoms with Crippen LogP contribution in [0.2, 0.25) is 0 Å². The summed E-state index contributed by atoms with van der Waals surface area (Å²) in [5.74, 6) is -0.964. The second-order valence-electron chi connectivity index (χ2n) is 8.11. The predicted octanol–water partition coefficient (Wildman–Crippen LogP) is 4.28. The number of fused-ring (bicyclic) bond motifs is 2. The molecule has 0 aromatic heterocycles.